The number of amides is 2. The molecule has 0 rings (SSSR count). The number of carbonyl (C=O) groups is 2. The van der Waals surface area contributed by atoms with Gasteiger partial charge in [0.25, 0.3) is 0 Å². The van der Waals surface area contributed by atoms with Gasteiger partial charge in [0.05, 0.1) is 12.0 Å². The molecule has 5 nitrogen and oxygen atoms in total. The lowest BCUT2D eigenvalue weighted by atomic mass is 9.82. The van der Waals surface area contributed by atoms with Crippen LogP contribution in [0.15, 0.2) is 0 Å². The Morgan fingerprint density at radius 1 is 1.31 bits per heavy atom. The van der Waals surface area contributed by atoms with Crippen LogP contribution >= 0.6 is 0 Å². The third-order valence-corrected chi connectivity index (χ3v) is 2.75. The Balaban J connectivity index is 4.28. The summed E-state index contributed by atoms with van der Waals surface area (Å²) in [5, 5.41) is 14.0. The van der Waals surface area contributed by atoms with Crippen LogP contribution < -0.4 is 10.6 Å². The van der Waals surface area contributed by atoms with Crippen molar-refractivity contribution in [1.82, 2.24) is 10.6 Å². The van der Waals surface area contributed by atoms with Crippen molar-refractivity contribution in [3.05, 3.63) is 0 Å². The molecule has 0 atom stereocenters. The molecule has 16 heavy (non-hydrogen) atoms. The first-order valence-electron chi connectivity index (χ1n) is 5.21. The molecule has 90 valence electrons. The molecule has 0 fully saturated rings. The molecule has 5 heteroatoms. The van der Waals surface area contributed by atoms with Crippen LogP contribution in [0.1, 0.15) is 26.7 Å². The first kappa shape index (κ1) is 14.3. The topological polar surface area (TPSA) is 78.4 Å². The van der Waals surface area contributed by atoms with Crippen LogP contribution in [0.4, 0.5) is 4.79 Å². The molecular weight excluding hydrogens is 208 g/mol. The van der Waals surface area contributed by atoms with Gasteiger partial charge in [0.1, 0.15) is 0 Å². The third-order valence-electron chi connectivity index (χ3n) is 2.75. The minimum atomic E-state index is -0.895. The molecule has 3 N–H and O–H groups in total. The molecule has 0 bridgehead atoms. The number of urea groups is 1. The molecule has 0 aromatic heterocycles. The Kier molecular flexibility index (Phi) is 6.01. The summed E-state index contributed by atoms with van der Waals surface area (Å²) in [7, 11) is 0. The van der Waals surface area contributed by atoms with Gasteiger partial charge in [0.2, 0.25) is 0 Å². The van der Waals surface area contributed by atoms with Crippen LogP contribution in [0.2, 0.25) is 0 Å². The number of hydrogen-bond donors (Lipinski definition) is 3. The van der Waals surface area contributed by atoms with Gasteiger partial charge in [-0.05, 0) is 12.8 Å². The molecule has 0 unspecified atom stereocenters. The largest absolute Gasteiger partial charge is 0.481 e. The van der Waals surface area contributed by atoms with Crippen LogP contribution in [-0.4, -0.2) is 30.2 Å². The van der Waals surface area contributed by atoms with Gasteiger partial charge in [-0.25, -0.2) is 4.79 Å². The number of carbonyl (C=O) groups excluding carboxylic acids is 1. The summed E-state index contributed by atoms with van der Waals surface area (Å²) in [6.07, 6.45) is 5.91. The number of aliphatic carboxylic acids is 1. The summed E-state index contributed by atoms with van der Waals surface area (Å²) >= 11 is 0. The standard InChI is InChI=1S/C11H18N2O3/c1-4-7-12-10(16)13-8-11(5-2,6-3)9(14)15/h1H,5-8H2,2-3H3,(H,14,15)(H2,12,13,16). The Morgan fingerprint density at radius 2 is 1.88 bits per heavy atom. The van der Waals surface area contributed by atoms with Crippen molar-refractivity contribution >= 4 is 12.0 Å². The Morgan fingerprint density at radius 3 is 2.25 bits per heavy atom. The summed E-state index contributed by atoms with van der Waals surface area (Å²) in [6.45, 7) is 3.81. The number of rotatable bonds is 6. The lowest BCUT2D eigenvalue weighted by molar-refractivity contribution is -0.149. The average Bonchev–Trinajstić information content (AvgIpc) is 2.28. The van der Waals surface area contributed by atoms with Gasteiger partial charge in [-0.3, -0.25) is 4.79 Å². The van der Waals surface area contributed by atoms with Gasteiger partial charge in [-0.15, -0.1) is 6.42 Å². The molecule has 0 heterocycles. The van der Waals surface area contributed by atoms with Crippen molar-refractivity contribution in [2.45, 2.75) is 26.7 Å². The third kappa shape index (κ3) is 3.81. The van der Waals surface area contributed by atoms with Gasteiger partial charge in [-0.1, -0.05) is 19.8 Å². The average molecular weight is 226 g/mol. The van der Waals surface area contributed by atoms with E-state index in [1.165, 1.54) is 0 Å². The maximum Gasteiger partial charge on any atom is 0.315 e. The number of hydrogen-bond acceptors (Lipinski definition) is 2. The van der Waals surface area contributed by atoms with Crippen molar-refractivity contribution in [2.24, 2.45) is 5.41 Å². The summed E-state index contributed by atoms with van der Waals surface area (Å²) in [4.78, 5) is 22.3. The van der Waals surface area contributed by atoms with E-state index in [2.05, 4.69) is 16.6 Å². The number of carboxylic acid groups (broad SMARTS) is 1. The SMILES string of the molecule is C#CCNC(=O)NCC(CC)(CC)C(=O)O. The maximum atomic E-state index is 11.2. The monoisotopic (exact) mass is 226 g/mol. The smallest absolute Gasteiger partial charge is 0.315 e. The molecule has 0 aliphatic rings. The van der Waals surface area contributed by atoms with Gasteiger partial charge >= 0.3 is 12.0 Å². The Bertz CT molecular complexity index is 290. The van der Waals surface area contributed by atoms with Crippen molar-refractivity contribution in [3.63, 3.8) is 0 Å². The van der Waals surface area contributed by atoms with E-state index in [9.17, 15) is 9.59 Å². The lowest BCUT2D eigenvalue weighted by Gasteiger charge is -2.26. The highest BCUT2D eigenvalue weighted by molar-refractivity contribution is 5.78. The minimum absolute atomic E-state index is 0.103. The maximum absolute atomic E-state index is 11.2. The van der Waals surface area contributed by atoms with E-state index in [0.717, 1.165) is 0 Å². The molecule has 0 saturated heterocycles. The minimum Gasteiger partial charge on any atom is -0.481 e. The van der Waals surface area contributed by atoms with E-state index < -0.39 is 17.4 Å². The van der Waals surface area contributed by atoms with Crippen LogP contribution in [-0.2, 0) is 4.79 Å². The highest BCUT2D eigenvalue weighted by atomic mass is 16.4. The van der Waals surface area contributed by atoms with Gasteiger partial charge in [-0.2, -0.15) is 0 Å². The quantitative estimate of drug-likeness (QED) is 0.586. The van der Waals surface area contributed by atoms with Crippen molar-refractivity contribution in [3.8, 4) is 12.3 Å². The number of nitrogens with one attached hydrogen (secondary N) is 2. The fraction of sp³-hybridized carbons (Fsp3) is 0.636. The van der Waals surface area contributed by atoms with Crippen molar-refractivity contribution in [1.29, 1.82) is 0 Å². The molecule has 0 radical (unpaired) electrons. The van der Waals surface area contributed by atoms with Gasteiger partial charge in [0.15, 0.2) is 0 Å². The summed E-state index contributed by atoms with van der Waals surface area (Å²) < 4.78 is 0. The van der Waals surface area contributed by atoms with Crippen LogP contribution in [0.25, 0.3) is 0 Å². The van der Waals surface area contributed by atoms with E-state index in [4.69, 9.17) is 11.5 Å². The van der Waals surface area contributed by atoms with E-state index in [0.29, 0.717) is 12.8 Å². The normalized spacial score (nSPS) is 10.3. The molecule has 0 aliphatic heterocycles. The van der Waals surface area contributed by atoms with Crippen LogP contribution in [0.5, 0.6) is 0 Å². The zero-order chi connectivity index (χ0) is 12.6. The molecule has 0 aromatic carbocycles. The zero-order valence-electron chi connectivity index (χ0n) is 9.67. The summed E-state index contributed by atoms with van der Waals surface area (Å²) in [6, 6.07) is -0.439. The molecule has 0 saturated carbocycles. The predicted molar refractivity (Wildman–Crippen MR) is 60.9 cm³/mol. The predicted octanol–water partition coefficient (Wildman–Crippen LogP) is 0.810. The van der Waals surface area contributed by atoms with Gasteiger partial charge < -0.3 is 15.7 Å². The number of carboxylic acids is 1. The highest BCUT2D eigenvalue weighted by Crippen LogP contribution is 2.25. The first-order chi connectivity index (χ1) is 7.52. The summed E-state index contributed by atoms with van der Waals surface area (Å²) in [5.41, 5.74) is -0.895. The fourth-order valence-electron chi connectivity index (χ4n) is 1.32. The number of terminal acetylenes is 1. The van der Waals surface area contributed by atoms with Crippen molar-refractivity contribution < 1.29 is 14.7 Å². The zero-order valence-corrected chi connectivity index (χ0v) is 9.67. The van der Waals surface area contributed by atoms with E-state index in [1.54, 1.807) is 13.8 Å². The molecular formula is C11H18N2O3. The molecule has 0 spiro atoms. The fourth-order valence-corrected chi connectivity index (χ4v) is 1.32. The first-order valence-corrected chi connectivity index (χ1v) is 5.21. The highest BCUT2D eigenvalue weighted by Gasteiger charge is 2.34. The lowest BCUT2D eigenvalue weighted by Crippen LogP contribution is -2.45. The van der Waals surface area contributed by atoms with Crippen LogP contribution in [0, 0.1) is 17.8 Å². The van der Waals surface area contributed by atoms with E-state index >= 15 is 0 Å². The molecule has 0 aromatic rings. The van der Waals surface area contributed by atoms with Crippen molar-refractivity contribution in [2.75, 3.05) is 13.1 Å². The van der Waals surface area contributed by atoms with E-state index in [1.807, 2.05) is 0 Å². The van der Waals surface area contributed by atoms with E-state index in [-0.39, 0.29) is 13.1 Å². The summed E-state index contributed by atoms with van der Waals surface area (Å²) in [5.74, 6) is 1.36. The Labute approximate surface area is 95.6 Å². The van der Waals surface area contributed by atoms with Crippen LogP contribution in [0.3, 0.4) is 0 Å². The van der Waals surface area contributed by atoms with Gasteiger partial charge in [0, 0.05) is 6.54 Å². The second kappa shape index (κ2) is 6.72. The Hall–Kier alpha value is -1.70. The molecule has 2 amide bonds. The second-order valence-corrected chi connectivity index (χ2v) is 3.53. The second-order valence-electron chi connectivity index (χ2n) is 3.53. The molecule has 0 aliphatic carbocycles.